The Morgan fingerprint density at radius 2 is 2.25 bits per heavy atom. The van der Waals surface area contributed by atoms with Gasteiger partial charge in [0.05, 0.1) is 7.11 Å². The van der Waals surface area contributed by atoms with E-state index in [4.69, 9.17) is 0 Å². The Hall–Kier alpha value is -0.0400. The van der Waals surface area contributed by atoms with Gasteiger partial charge in [-0.15, -0.1) is 0 Å². The molecule has 1 heteroatoms. The van der Waals surface area contributed by atoms with E-state index >= 15 is 0 Å². The maximum Gasteiger partial charge on any atom is 0.0700 e. The number of ether oxygens (including phenoxy) is 1. The largest absolute Gasteiger partial charge is 0.379 e. The van der Waals surface area contributed by atoms with Crippen LogP contribution in [0.25, 0.3) is 0 Å². The van der Waals surface area contributed by atoms with Crippen molar-refractivity contribution in [2.24, 2.45) is 0 Å². The van der Waals surface area contributed by atoms with Gasteiger partial charge >= 0.3 is 0 Å². The number of rotatable bonds is 1. The molecule has 0 fully saturated rings. The fraction of sp³-hybridized carbons (Fsp3) is 0.667. The second-order valence-electron chi connectivity index (χ2n) is 0.493. The van der Waals surface area contributed by atoms with E-state index < -0.39 is 0 Å². The third kappa shape index (κ3) is 1.96. The molecule has 1 nitrogen and oxygen atoms in total. The van der Waals surface area contributed by atoms with Crippen LogP contribution in [0.15, 0.2) is 0 Å². The molecule has 0 aromatic rings. The van der Waals surface area contributed by atoms with Crippen LogP contribution in [-0.4, -0.2) is 6.61 Å². The highest BCUT2D eigenvalue weighted by atomic mass is 16.5. The molecule has 0 saturated carbocycles. The van der Waals surface area contributed by atoms with Crippen molar-refractivity contribution in [3.63, 3.8) is 0 Å². The summed E-state index contributed by atoms with van der Waals surface area (Å²) in [5.74, 6) is 0. The van der Waals surface area contributed by atoms with Crippen molar-refractivity contribution in [2.45, 2.75) is 6.92 Å². The summed E-state index contributed by atoms with van der Waals surface area (Å²) in [4.78, 5) is 0. The zero-order valence-electron chi connectivity index (χ0n) is 2.82. The molecule has 0 atom stereocenters. The van der Waals surface area contributed by atoms with E-state index in [0.717, 1.165) is 0 Å². The van der Waals surface area contributed by atoms with Crippen LogP contribution in [0.4, 0.5) is 0 Å². The minimum absolute atomic E-state index is 0.708. The minimum Gasteiger partial charge on any atom is -0.379 e. The molecular weight excluding hydrogens is 52.0 g/mol. The smallest absolute Gasteiger partial charge is 0.0700 e. The van der Waals surface area contributed by atoms with Gasteiger partial charge in [0.1, 0.15) is 0 Å². The lowest BCUT2D eigenvalue weighted by Crippen LogP contribution is -1.69. The molecule has 25 valence electrons. The molecule has 4 heavy (non-hydrogen) atoms. The van der Waals surface area contributed by atoms with Gasteiger partial charge in [-0.1, -0.05) is 0 Å². The summed E-state index contributed by atoms with van der Waals surface area (Å²) in [5, 5.41) is 0. The van der Waals surface area contributed by atoms with Crippen LogP contribution in [0.2, 0.25) is 0 Å². The zero-order chi connectivity index (χ0) is 3.41. The van der Waals surface area contributed by atoms with Crippen molar-refractivity contribution in [1.82, 2.24) is 0 Å². The quantitative estimate of drug-likeness (QED) is 0.434. The van der Waals surface area contributed by atoms with Crippen molar-refractivity contribution >= 4 is 0 Å². The van der Waals surface area contributed by atoms with Crippen molar-refractivity contribution in [3.05, 3.63) is 7.11 Å². The van der Waals surface area contributed by atoms with E-state index in [-0.39, 0.29) is 0 Å². The number of hydrogen-bond acceptors (Lipinski definition) is 1. The Balaban J connectivity index is 1.97. The fourth-order valence-corrected chi connectivity index (χ4v) is 0. The van der Waals surface area contributed by atoms with Gasteiger partial charge in [0.25, 0.3) is 0 Å². The summed E-state index contributed by atoms with van der Waals surface area (Å²) in [6.45, 7) is 2.60. The van der Waals surface area contributed by atoms with E-state index in [2.05, 4.69) is 11.8 Å². The van der Waals surface area contributed by atoms with E-state index in [1.807, 2.05) is 6.92 Å². The van der Waals surface area contributed by atoms with E-state index in [0.29, 0.717) is 6.61 Å². The Morgan fingerprint density at radius 3 is 2.25 bits per heavy atom. The maximum atomic E-state index is 4.29. The average molecular weight is 59.1 g/mol. The molecule has 0 aliphatic rings. The molecule has 0 heterocycles. The first-order valence-electron chi connectivity index (χ1n) is 1.28. The second-order valence-corrected chi connectivity index (χ2v) is 0.493. The lowest BCUT2D eigenvalue weighted by Gasteiger charge is -1.75. The summed E-state index contributed by atoms with van der Waals surface area (Å²) in [6, 6.07) is 0. The predicted octanol–water partition coefficient (Wildman–Crippen LogP) is 0.814. The molecule has 0 saturated heterocycles. The topological polar surface area (TPSA) is 9.23 Å². The molecule has 0 aliphatic heterocycles. The molecule has 0 amide bonds. The van der Waals surface area contributed by atoms with Crippen molar-refractivity contribution in [3.8, 4) is 0 Å². The van der Waals surface area contributed by atoms with Crippen LogP contribution in [0.1, 0.15) is 6.92 Å². The molecule has 0 aromatic heterocycles. The van der Waals surface area contributed by atoms with Crippen molar-refractivity contribution < 1.29 is 4.74 Å². The van der Waals surface area contributed by atoms with Crippen LogP contribution >= 0.6 is 0 Å². The molecular formula is C3H7O. The fourth-order valence-electron chi connectivity index (χ4n) is 0. The monoisotopic (exact) mass is 59.0 g/mol. The Labute approximate surface area is 26.6 Å². The van der Waals surface area contributed by atoms with Gasteiger partial charge in [0.15, 0.2) is 0 Å². The summed E-state index contributed by atoms with van der Waals surface area (Å²) in [5.41, 5.74) is 0. The Kier molecular flexibility index (Phi) is 2.93. The highest BCUT2D eigenvalue weighted by molar-refractivity contribution is 4.02. The third-order valence-corrected chi connectivity index (χ3v) is 0.204. The van der Waals surface area contributed by atoms with Gasteiger partial charge in [-0.25, -0.2) is 0 Å². The standard InChI is InChI=1S/C3H7O/c1-3-4-2/h2-3H2,1H3. The summed E-state index contributed by atoms with van der Waals surface area (Å²) in [7, 11) is 3.10. The lowest BCUT2D eigenvalue weighted by molar-refractivity contribution is 0.261. The maximum absolute atomic E-state index is 4.29. The molecule has 0 aromatic carbocycles. The second kappa shape index (κ2) is 2.96. The van der Waals surface area contributed by atoms with Gasteiger partial charge in [-0.3, -0.25) is 0 Å². The van der Waals surface area contributed by atoms with Crippen LogP contribution in [0, 0.1) is 7.11 Å². The molecule has 1 radical (unpaired) electrons. The predicted molar refractivity (Wildman–Crippen MR) is 17.0 cm³/mol. The van der Waals surface area contributed by atoms with Gasteiger partial charge in [-0.05, 0) is 6.92 Å². The van der Waals surface area contributed by atoms with Crippen molar-refractivity contribution in [2.75, 3.05) is 6.61 Å². The Morgan fingerprint density at radius 1 is 2.00 bits per heavy atom. The van der Waals surface area contributed by atoms with Crippen LogP contribution in [-0.2, 0) is 4.74 Å². The van der Waals surface area contributed by atoms with Crippen LogP contribution in [0.5, 0.6) is 0 Å². The molecule has 0 rings (SSSR count). The molecule has 0 N–H and O–H groups in total. The molecule has 0 aliphatic carbocycles. The summed E-state index contributed by atoms with van der Waals surface area (Å²) < 4.78 is 4.29. The van der Waals surface area contributed by atoms with Gasteiger partial charge in [-0.2, -0.15) is 0 Å². The van der Waals surface area contributed by atoms with Gasteiger partial charge in [0, 0.05) is 6.61 Å². The first kappa shape index (κ1) is 3.96. The lowest BCUT2D eigenvalue weighted by atomic mass is 10.9. The molecule has 0 spiro atoms. The average Bonchev–Trinajstić information content (AvgIpc) is 1.37. The summed E-state index contributed by atoms with van der Waals surface area (Å²) >= 11 is 0. The highest BCUT2D eigenvalue weighted by Crippen LogP contribution is 1.56. The van der Waals surface area contributed by atoms with Crippen LogP contribution < -0.4 is 0 Å². The van der Waals surface area contributed by atoms with Crippen molar-refractivity contribution in [1.29, 1.82) is 0 Å². The van der Waals surface area contributed by atoms with Gasteiger partial charge in [0.2, 0.25) is 0 Å². The SMILES string of the molecule is [CH2]OCC. The minimum atomic E-state index is 0.708. The first-order chi connectivity index (χ1) is 1.91. The zero-order valence-corrected chi connectivity index (χ0v) is 2.82. The van der Waals surface area contributed by atoms with E-state index in [1.54, 1.807) is 0 Å². The van der Waals surface area contributed by atoms with E-state index in [9.17, 15) is 0 Å². The molecule has 0 unspecified atom stereocenters. The summed E-state index contributed by atoms with van der Waals surface area (Å²) in [6.07, 6.45) is 0. The Bertz CT molecular complexity index is 5.25. The van der Waals surface area contributed by atoms with Gasteiger partial charge < -0.3 is 4.74 Å². The van der Waals surface area contributed by atoms with E-state index in [1.165, 1.54) is 0 Å². The first-order valence-corrected chi connectivity index (χ1v) is 1.28. The third-order valence-electron chi connectivity index (χ3n) is 0.204. The van der Waals surface area contributed by atoms with Crippen LogP contribution in [0.3, 0.4) is 0 Å². The number of hydrogen-bond donors (Lipinski definition) is 0. The normalized spacial score (nSPS) is 7.50. The highest BCUT2D eigenvalue weighted by Gasteiger charge is 1.52. The molecule has 0 bridgehead atoms.